The zero-order chi connectivity index (χ0) is 14.4. The van der Waals surface area contributed by atoms with Gasteiger partial charge in [-0.15, -0.1) is 0 Å². The Morgan fingerprint density at radius 1 is 1.58 bits per heavy atom. The molecule has 2 amide bonds. The van der Waals surface area contributed by atoms with Gasteiger partial charge in [-0.2, -0.15) is 11.8 Å². The molecule has 1 aliphatic rings. The summed E-state index contributed by atoms with van der Waals surface area (Å²) < 4.78 is 0. The molecule has 1 aliphatic heterocycles. The molecule has 112 valence electrons. The van der Waals surface area contributed by atoms with Crippen molar-refractivity contribution in [3.63, 3.8) is 0 Å². The van der Waals surface area contributed by atoms with Crippen molar-refractivity contribution in [2.75, 3.05) is 45.7 Å². The van der Waals surface area contributed by atoms with E-state index in [1.54, 1.807) is 0 Å². The Hall–Kier alpha value is -0.420. The van der Waals surface area contributed by atoms with Crippen molar-refractivity contribution in [3.8, 4) is 0 Å². The molecule has 1 saturated heterocycles. The van der Waals surface area contributed by atoms with Crippen LogP contribution in [0.4, 0.5) is 4.79 Å². The minimum absolute atomic E-state index is 0.0781. The number of hydrogen-bond acceptors (Lipinski definition) is 3. The van der Waals surface area contributed by atoms with Gasteiger partial charge in [0.05, 0.1) is 0 Å². The van der Waals surface area contributed by atoms with Crippen LogP contribution in [0.25, 0.3) is 0 Å². The van der Waals surface area contributed by atoms with Crippen LogP contribution in [0, 0.1) is 11.8 Å². The summed E-state index contributed by atoms with van der Waals surface area (Å²) >= 11 is 1.83. The van der Waals surface area contributed by atoms with Gasteiger partial charge in [-0.3, -0.25) is 0 Å². The number of rotatable bonds is 5. The average molecular weight is 287 g/mol. The summed E-state index contributed by atoms with van der Waals surface area (Å²) in [6, 6.07) is 0.446. The lowest BCUT2D eigenvalue weighted by Gasteiger charge is -2.40. The van der Waals surface area contributed by atoms with E-state index < -0.39 is 0 Å². The van der Waals surface area contributed by atoms with E-state index in [-0.39, 0.29) is 6.03 Å². The molecular weight excluding hydrogens is 258 g/mol. The van der Waals surface area contributed by atoms with Crippen molar-refractivity contribution in [3.05, 3.63) is 0 Å². The van der Waals surface area contributed by atoms with Crippen LogP contribution < -0.4 is 5.32 Å². The number of likely N-dealkylation sites (tertiary alicyclic amines) is 1. The van der Waals surface area contributed by atoms with E-state index in [0.29, 0.717) is 17.9 Å². The van der Waals surface area contributed by atoms with Crippen molar-refractivity contribution >= 4 is 17.8 Å². The predicted molar refractivity (Wildman–Crippen MR) is 83.8 cm³/mol. The third kappa shape index (κ3) is 5.22. The third-order valence-electron chi connectivity index (χ3n) is 3.93. The number of carbonyl (C=O) groups excluding carboxylic acids is 1. The number of thioether (sulfide) groups is 1. The monoisotopic (exact) mass is 287 g/mol. The molecule has 1 heterocycles. The first-order valence-corrected chi connectivity index (χ1v) is 8.53. The first-order valence-electron chi connectivity index (χ1n) is 7.13. The molecule has 0 aromatic rings. The molecule has 1 rings (SSSR count). The van der Waals surface area contributed by atoms with Gasteiger partial charge in [0.25, 0.3) is 0 Å². The van der Waals surface area contributed by atoms with E-state index in [2.05, 4.69) is 37.4 Å². The molecule has 0 bridgehead atoms. The van der Waals surface area contributed by atoms with Gasteiger partial charge < -0.3 is 15.1 Å². The molecule has 0 unspecified atom stereocenters. The molecule has 19 heavy (non-hydrogen) atoms. The summed E-state index contributed by atoms with van der Waals surface area (Å²) in [4.78, 5) is 16.4. The predicted octanol–water partition coefficient (Wildman–Crippen LogP) is 1.97. The van der Waals surface area contributed by atoms with Crippen LogP contribution in [-0.2, 0) is 0 Å². The van der Waals surface area contributed by atoms with E-state index >= 15 is 0 Å². The van der Waals surface area contributed by atoms with Crippen molar-refractivity contribution in [2.24, 2.45) is 11.8 Å². The van der Waals surface area contributed by atoms with Crippen LogP contribution in [0.3, 0.4) is 0 Å². The molecule has 1 fully saturated rings. The molecule has 0 aliphatic carbocycles. The largest absolute Gasteiger partial charge is 0.338 e. The molecule has 0 spiro atoms. The van der Waals surface area contributed by atoms with E-state index in [9.17, 15) is 4.79 Å². The van der Waals surface area contributed by atoms with Gasteiger partial charge in [-0.25, -0.2) is 4.79 Å². The fourth-order valence-corrected chi connectivity index (χ4v) is 3.48. The quantitative estimate of drug-likeness (QED) is 0.840. The maximum absolute atomic E-state index is 12.2. The Balaban J connectivity index is 2.39. The highest BCUT2D eigenvalue weighted by molar-refractivity contribution is 7.98. The van der Waals surface area contributed by atoms with Crippen LogP contribution in [0.15, 0.2) is 0 Å². The van der Waals surface area contributed by atoms with Gasteiger partial charge in [0.15, 0.2) is 0 Å². The summed E-state index contributed by atoms with van der Waals surface area (Å²) in [6.45, 7) is 7.33. The van der Waals surface area contributed by atoms with Crippen molar-refractivity contribution in [1.82, 2.24) is 15.1 Å². The zero-order valence-electron chi connectivity index (χ0n) is 13.0. The van der Waals surface area contributed by atoms with Gasteiger partial charge in [0.2, 0.25) is 0 Å². The summed E-state index contributed by atoms with van der Waals surface area (Å²) in [7, 11) is 4.08. The van der Waals surface area contributed by atoms with E-state index in [1.807, 2.05) is 23.7 Å². The summed E-state index contributed by atoms with van der Waals surface area (Å²) in [6.07, 6.45) is 3.17. The number of hydrogen-bond donors (Lipinski definition) is 1. The molecule has 4 nitrogen and oxygen atoms in total. The zero-order valence-corrected chi connectivity index (χ0v) is 13.8. The maximum Gasteiger partial charge on any atom is 0.317 e. The van der Waals surface area contributed by atoms with Crippen molar-refractivity contribution < 1.29 is 4.79 Å². The Bertz CT molecular complexity index is 288. The van der Waals surface area contributed by atoms with E-state index in [4.69, 9.17) is 0 Å². The first-order chi connectivity index (χ1) is 8.95. The third-order valence-corrected chi connectivity index (χ3v) is 4.84. The standard InChI is InChI=1S/C14H29N3OS/c1-11(10-19-5)8-15-14(18)17(4)13-6-7-16(3)9-12(13)2/h11-13H,6-10H2,1-5H3,(H,15,18)/t11-,12+,13-/m1/s1. The summed E-state index contributed by atoms with van der Waals surface area (Å²) in [5.41, 5.74) is 0. The maximum atomic E-state index is 12.2. The lowest BCUT2D eigenvalue weighted by Crippen LogP contribution is -2.52. The second kappa shape index (κ2) is 8.00. The van der Waals surface area contributed by atoms with Gasteiger partial charge in [-0.05, 0) is 43.9 Å². The Morgan fingerprint density at radius 3 is 2.84 bits per heavy atom. The molecule has 5 heteroatoms. The Labute approximate surface area is 122 Å². The van der Waals surface area contributed by atoms with Crippen LogP contribution in [0.5, 0.6) is 0 Å². The fraction of sp³-hybridized carbons (Fsp3) is 0.929. The topological polar surface area (TPSA) is 35.6 Å². The van der Waals surface area contributed by atoms with E-state index in [1.165, 1.54) is 0 Å². The molecule has 0 radical (unpaired) electrons. The van der Waals surface area contributed by atoms with Gasteiger partial charge in [0.1, 0.15) is 0 Å². The van der Waals surface area contributed by atoms with Crippen molar-refractivity contribution in [2.45, 2.75) is 26.3 Å². The first kappa shape index (κ1) is 16.6. The fourth-order valence-electron chi connectivity index (χ4n) is 2.80. The van der Waals surface area contributed by atoms with Crippen LogP contribution in [0.2, 0.25) is 0 Å². The van der Waals surface area contributed by atoms with Crippen LogP contribution in [-0.4, -0.2) is 67.6 Å². The molecule has 0 aromatic carbocycles. The molecule has 0 saturated carbocycles. The summed E-state index contributed by atoms with van der Waals surface area (Å²) in [5, 5.41) is 3.06. The normalized spacial score (nSPS) is 25.9. The highest BCUT2D eigenvalue weighted by Gasteiger charge is 2.29. The lowest BCUT2D eigenvalue weighted by atomic mass is 9.93. The molecular formula is C14H29N3OS. The lowest BCUT2D eigenvalue weighted by molar-refractivity contribution is 0.107. The number of nitrogens with one attached hydrogen (secondary N) is 1. The molecule has 3 atom stereocenters. The molecule has 1 N–H and O–H groups in total. The Morgan fingerprint density at radius 2 is 2.26 bits per heavy atom. The number of carbonyl (C=O) groups is 1. The van der Waals surface area contributed by atoms with Crippen molar-refractivity contribution in [1.29, 1.82) is 0 Å². The van der Waals surface area contributed by atoms with Gasteiger partial charge in [0, 0.05) is 26.2 Å². The average Bonchev–Trinajstić information content (AvgIpc) is 2.35. The smallest absolute Gasteiger partial charge is 0.317 e. The number of nitrogens with zero attached hydrogens (tertiary/aromatic N) is 2. The highest BCUT2D eigenvalue weighted by atomic mass is 32.2. The van der Waals surface area contributed by atoms with Gasteiger partial charge >= 0.3 is 6.03 Å². The van der Waals surface area contributed by atoms with Crippen LogP contribution in [0.1, 0.15) is 20.3 Å². The highest BCUT2D eigenvalue weighted by Crippen LogP contribution is 2.20. The SMILES string of the molecule is CSC[C@H](C)CNC(=O)N(C)[C@@H]1CCN(C)C[C@@H]1C. The number of urea groups is 1. The van der Waals surface area contributed by atoms with Gasteiger partial charge in [-0.1, -0.05) is 13.8 Å². The molecule has 0 aromatic heterocycles. The minimum Gasteiger partial charge on any atom is -0.338 e. The van der Waals surface area contributed by atoms with E-state index in [0.717, 1.165) is 31.8 Å². The number of amides is 2. The summed E-state index contributed by atoms with van der Waals surface area (Å²) in [5.74, 6) is 2.16. The Kier molecular flexibility index (Phi) is 7.00. The second-order valence-electron chi connectivity index (χ2n) is 5.95. The van der Waals surface area contributed by atoms with Crippen LogP contribution >= 0.6 is 11.8 Å². The minimum atomic E-state index is 0.0781. The second-order valence-corrected chi connectivity index (χ2v) is 6.86. The number of piperidine rings is 1.